The minimum Gasteiger partial charge on any atom is -0.382 e. The van der Waals surface area contributed by atoms with Crippen LogP contribution in [0.1, 0.15) is 46.0 Å². The minimum absolute atomic E-state index is 0.0978. The molecule has 1 amide bonds. The van der Waals surface area contributed by atoms with Gasteiger partial charge in [-0.15, -0.1) is 0 Å². The van der Waals surface area contributed by atoms with E-state index >= 15 is 0 Å². The molecule has 0 unspecified atom stereocenters. The van der Waals surface area contributed by atoms with Crippen LogP contribution in [0.4, 0.5) is 0 Å². The summed E-state index contributed by atoms with van der Waals surface area (Å²) in [4.78, 5) is 12.4. The number of hydrogen-bond donors (Lipinski definition) is 2. The van der Waals surface area contributed by atoms with Crippen molar-refractivity contribution in [1.82, 2.24) is 5.32 Å². The van der Waals surface area contributed by atoms with Gasteiger partial charge in [-0.3, -0.25) is 4.79 Å². The second-order valence-electron chi connectivity index (χ2n) is 5.20. The van der Waals surface area contributed by atoms with Gasteiger partial charge in [0.25, 0.3) is 0 Å². The van der Waals surface area contributed by atoms with E-state index in [2.05, 4.69) is 19.2 Å². The molecule has 0 aliphatic carbocycles. The molecule has 3 N–H and O–H groups in total. The molecule has 0 aliphatic rings. The molecular weight excluding hydrogens is 256 g/mol. The van der Waals surface area contributed by atoms with Gasteiger partial charge >= 0.3 is 0 Å². The summed E-state index contributed by atoms with van der Waals surface area (Å²) in [6.07, 6.45) is 4.48. The third-order valence-electron chi connectivity index (χ3n) is 3.51. The Labute approximate surface area is 123 Å². The Morgan fingerprint density at radius 2 is 1.80 bits per heavy atom. The monoisotopic (exact) mass is 288 g/mol. The molecule has 0 radical (unpaired) electrons. The molecule has 20 heavy (non-hydrogen) atoms. The number of nitrogens with one attached hydrogen (secondary N) is 1. The summed E-state index contributed by atoms with van der Waals surface area (Å²) in [5.41, 5.74) is 5.48. The van der Waals surface area contributed by atoms with Crippen molar-refractivity contribution in [3.05, 3.63) is 0 Å². The Hall–Kier alpha value is -0.650. The number of rotatable bonds is 13. The molecule has 0 aromatic rings. The summed E-state index contributed by atoms with van der Waals surface area (Å²) in [5.74, 6) is 0.0978. The highest BCUT2D eigenvalue weighted by Gasteiger charge is 2.34. The fourth-order valence-corrected chi connectivity index (χ4v) is 2.41. The normalized spacial score (nSPS) is 11.6. The fourth-order valence-electron chi connectivity index (χ4n) is 2.41. The lowest BCUT2D eigenvalue weighted by atomic mass is 9.78. The Morgan fingerprint density at radius 1 is 1.15 bits per heavy atom. The van der Waals surface area contributed by atoms with Gasteiger partial charge in [-0.25, -0.2) is 0 Å². The van der Waals surface area contributed by atoms with E-state index in [1.54, 1.807) is 7.11 Å². The van der Waals surface area contributed by atoms with Gasteiger partial charge in [0.2, 0.25) is 5.91 Å². The van der Waals surface area contributed by atoms with Gasteiger partial charge in [0.05, 0.1) is 18.6 Å². The fraction of sp³-hybridized carbons (Fsp3) is 0.933. The molecule has 0 bridgehead atoms. The largest absolute Gasteiger partial charge is 0.382 e. The summed E-state index contributed by atoms with van der Waals surface area (Å²) < 4.78 is 10.3. The molecule has 0 saturated carbocycles. The first-order valence-corrected chi connectivity index (χ1v) is 7.72. The molecule has 0 saturated heterocycles. The minimum atomic E-state index is -0.388. The molecule has 5 heteroatoms. The number of amides is 1. The predicted molar refractivity (Wildman–Crippen MR) is 81.6 cm³/mol. The van der Waals surface area contributed by atoms with Crippen LogP contribution in [0.2, 0.25) is 0 Å². The van der Waals surface area contributed by atoms with Gasteiger partial charge in [0.1, 0.15) is 0 Å². The standard InChI is InChI=1S/C15H32N2O3/c1-4-7-15(13-16,8-5-2)14(18)17-9-6-10-20-12-11-19-3/h4-13,16H2,1-3H3,(H,17,18). The maximum atomic E-state index is 12.4. The highest BCUT2D eigenvalue weighted by Crippen LogP contribution is 2.28. The zero-order valence-corrected chi connectivity index (χ0v) is 13.4. The van der Waals surface area contributed by atoms with Gasteiger partial charge in [-0.1, -0.05) is 26.7 Å². The van der Waals surface area contributed by atoms with Crippen molar-refractivity contribution in [2.24, 2.45) is 11.1 Å². The summed E-state index contributed by atoms with van der Waals surface area (Å²) >= 11 is 0. The predicted octanol–water partition coefficient (Wildman–Crippen LogP) is 1.70. The van der Waals surface area contributed by atoms with E-state index in [0.29, 0.717) is 32.9 Å². The molecule has 0 atom stereocenters. The Balaban J connectivity index is 4.01. The van der Waals surface area contributed by atoms with Crippen LogP contribution < -0.4 is 11.1 Å². The number of hydrogen-bond acceptors (Lipinski definition) is 4. The van der Waals surface area contributed by atoms with Crippen LogP contribution in [-0.2, 0) is 14.3 Å². The molecule has 120 valence electrons. The van der Waals surface area contributed by atoms with Gasteiger partial charge in [0.15, 0.2) is 0 Å². The van der Waals surface area contributed by atoms with Gasteiger partial charge in [0, 0.05) is 26.8 Å². The second-order valence-corrected chi connectivity index (χ2v) is 5.20. The quantitative estimate of drug-likeness (QED) is 0.506. The van der Waals surface area contributed by atoms with Gasteiger partial charge in [-0.2, -0.15) is 0 Å². The SMILES string of the molecule is CCCC(CN)(CCC)C(=O)NCCCOCCOC. The Bertz CT molecular complexity index is 241. The van der Waals surface area contributed by atoms with Crippen molar-refractivity contribution >= 4 is 5.91 Å². The first-order chi connectivity index (χ1) is 9.66. The molecule has 0 aliphatic heterocycles. The molecule has 0 rings (SSSR count). The molecular formula is C15H32N2O3. The van der Waals surface area contributed by atoms with E-state index < -0.39 is 0 Å². The molecule has 0 spiro atoms. The second kappa shape index (κ2) is 12.1. The number of methoxy groups -OCH3 is 1. The van der Waals surface area contributed by atoms with Crippen molar-refractivity contribution < 1.29 is 14.3 Å². The first-order valence-electron chi connectivity index (χ1n) is 7.72. The van der Waals surface area contributed by atoms with Crippen molar-refractivity contribution in [3.8, 4) is 0 Å². The summed E-state index contributed by atoms with van der Waals surface area (Å²) in [6.45, 7) is 7.10. The van der Waals surface area contributed by atoms with Gasteiger partial charge in [-0.05, 0) is 19.3 Å². The lowest BCUT2D eigenvalue weighted by molar-refractivity contribution is -0.131. The first kappa shape index (κ1) is 19.4. The summed E-state index contributed by atoms with van der Waals surface area (Å²) in [5, 5.41) is 3.00. The zero-order chi connectivity index (χ0) is 15.3. The average molecular weight is 288 g/mol. The lowest BCUT2D eigenvalue weighted by Gasteiger charge is -2.30. The van der Waals surface area contributed by atoms with Crippen LogP contribution in [-0.4, -0.2) is 45.9 Å². The van der Waals surface area contributed by atoms with Crippen LogP contribution in [0, 0.1) is 5.41 Å². The maximum Gasteiger partial charge on any atom is 0.227 e. The molecule has 0 fully saturated rings. The van der Waals surface area contributed by atoms with Crippen molar-refractivity contribution in [3.63, 3.8) is 0 Å². The molecule has 5 nitrogen and oxygen atoms in total. The van der Waals surface area contributed by atoms with E-state index in [4.69, 9.17) is 15.2 Å². The zero-order valence-electron chi connectivity index (χ0n) is 13.4. The van der Waals surface area contributed by atoms with E-state index in [0.717, 1.165) is 32.1 Å². The smallest absolute Gasteiger partial charge is 0.227 e. The van der Waals surface area contributed by atoms with Crippen molar-refractivity contribution in [2.75, 3.05) is 40.0 Å². The van der Waals surface area contributed by atoms with Crippen LogP contribution >= 0.6 is 0 Å². The van der Waals surface area contributed by atoms with Crippen molar-refractivity contribution in [2.45, 2.75) is 46.0 Å². The maximum absolute atomic E-state index is 12.4. The van der Waals surface area contributed by atoms with E-state index in [9.17, 15) is 4.79 Å². The highest BCUT2D eigenvalue weighted by molar-refractivity contribution is 5.82. The van der Waals surface area contributed by atoms with Gasteiger partial charge < -0.3 is 20.5 Å². The summed E-state index contributed by atoms with van der Waals surface area (Å²) in [6, 6.07) is 0. The van der Waals surface area contributed by atoms with Crippen LogP contribution in [0.15, 0.2) is 0 Å². The van der Waals surface area contributed by atoms with E-state index in [1.165, 1.54) is 0 Å². The lowest BCUT2D eigenvalue weighted by Crippen LogP contribution is -2.46. The number of ether oxygens (including phenoxy) is 2. The molecule has 0 heterocycles. The van der Waals surface area contributed by atoms with Crippen molar-refractivity contribution in [1.29, 1.82) is 0 Å². The average Bonchev–Trinajstić information content (AvgIpc) is 2.45. The number of carbonyl (C=O) groups is 1. The Morgan fingerprint density at radius 3 is 2.30 bits per heavy atom. The Kier molecular flexibility index (Phi) is 11.7. The third kappa shape index (κ3) is 7.22. The molecule has 0 aromatic heterocycles. The number of nitrogens with two attached hydrogens (primary N) is 1. The highest BCUT2D eigenvalue weighted by atomic mass is 16.5. The van der Waals surface area contributed by atoms with Crippen LogP contribution in [0.25, 0.3) is 0 Å². The van der Waals surface area contributed by atoms with E-state index in [1.807, 2.05) is 0 Å². The van der Waals surface area contributed by atoms with E-state index in [-0.39, 0.29) is 11.3 Å². The van der Waals surface area contributed by atoms with Crippen LogP contribution in [0.5, 0.6) is 0 Å². The molecule has 0 aromatic carbocycles. The number of carbonyl (C=O) groups excluding carboxylic acids is 1. The topological polar surface area (TPSA) is 73.6 Å². The third-order valence-corrected chi connectivity index (χ3v) is 3.51. The summed E-state index contributed by atoms with van der Waals surface area (Å²) in [7, 11) is 1.65. The van der Waals surface area contributed by atoms with Crippen LogP contribution in [0.3, 0.4) is 0 Å².